The minimum atomic E-state index is -4.38. The molecule has 18 heavy (non-hydrogen) atoms. The van der Waals surface area contributed by atoms with Gasteiger partial charge in [-0.05, 0) is 43.1 Å². The third-order valence-corrected chi connectivity index (χ3v) is 2.84. The van der Waals surface area contributed by atoms with Crippen LogP contribution in [0, 0.1) is 5.82 Å². The molecule has 1 nitrogen and oxygen atoms in total. The molecule has 1 N–H and O–H groups in total. The molecule has 0 saturated heterocycles. The predicted molar refractivity (Wildman–Crippen MR) is 63.3 cm³/mol. The molecule has 0 spiro atoms. The Kier molecular flexibility index (Phi) is 5.41. The van der Waals surface area contributed by atoms with Crippen molar-refractivity contribution in [2.24, 2.45) is 0 Å². The van der Waals surface area contributed by atoms with Crippen molar-refractivity contribution in [3.63, 3.8) is 0 Å². The first-order valence-electron chi connectivity index (χ1n) is 5.58. The lowest BCUT2D eigenvalue weighted by Crippen LogP contribution is -2.44. The molecule has 6 heteroatoms. The van der Waals surface area contributed by atoms with Gasteiger partial charge in [0, 0.05) is 5.02 Å². The number of rotatable bonds is 5. The van der Waals surface area contributed by atoms with E-state index in [1.54, 1.807) is 6.92 Å². The molecule has 1 aromatic rings. The summed E-state index contributed by atoms with van der Waals surface area (Å²) in [7, 11) is 0. The monoisotopic (exact) mass is 283 g/mol. The lowest BCUT2D eigenvalue weighted by atomic mass is 10.1. The van der Waals surface area contributed by atoms with E-state index in [1.165, 1.54) is 6.07 Å². The molecule has 0 bridgehead atoms. The highest BCUT2D eigenvalue weighted by molar-refractivity contribution is 6.31. The SMILES string of the molecule is CCCNC(Cc1cc(F)ccc1Cl)C(F)(F)F. The molecule has 0 fully saturated rings. The maximum absolute atomic E-state index is 13.0. The van der Waals surface area contributed by atoms with E-state index in [0.717, 1.165) is 12.1 Å². The van der Waals surface area contributed by atoms with Gasteiger partial charge >= 0.3 is 6.18 Å². The molecule has 1 atom stereocenters. The lowest BCUT2D eigenvalue weighted by molar-refractivity contribution is -0.155. The summed E-state index contributed by atoms with van der Waals surface area (Å²) >= 11 is 5.76. The Bertz CT molecular complexity index is 392. The molecule has 102 valence electrons. The summed E-state index contributed by atoms with van der Waals surface area (Å²) in [5.74, 6) is -0.592. The molecule has 1 aromatic carbocycles. The Morgan fingerprint density at radius 3 is 2.56 bits per heavy atom. The quantitative estimate of drug-likeness (QED) is 0.807. The minimum absolute atomic E-state index is 0.143. The first kappa shape index (κ1) is 15.2. The number of halogens is 5. The molecule has 0 amide bonds. The highest BCUT2D eigenvalue weighted by Gasteiger charge is 2.39. The van der Waals surface area contributed by atoms with Crippen LogP contribution >= 0.6 is 11.6 Å². The zero-order valence-corrected chi connectivity index (χ0v) is 10.6. The van der Waals surface area contributed by atoms with Gasteiger partial charge in [0.25, 0.3) is 0 Å². The second-order valence-corrected chi connectivity index (χ2v) is 4.40. The van der Waals surface area contributed by atoms with E-state index in [1.807, 2.05) is 0 Å². The summed E-state index contributed by atoms with van der Waals surface area (Å²) in [4.78, 5) is 0. The number of alkyl halides is 3. The van der Waals surface area contributed by atoms with E-state index in [2.05, 4.69) is 5.32 Å². The van der Waals surface area contributed by atoms with Crippen LogP contribution in [0.15, 0.2) is 18.2 Å². The molecule has 0 aliphatic heterocycles. The molecule has 0 radical (unpaired) electrons. The van der Waals surface area contributed by atoms with Crippen molar-refractivity contribution < 1.29 is 17.6 Å². The van der Waals surface area contributed by atoms with Gasteiger partial charge in [0.05, 0.1) is 0 Å². The minimum Gasteiger partial charge on any atom is -0.306 e. The molecular formula is C12H14ClF4N. The van der Waals surface area contributed by atoms with Crippen molar-refractivity contribution >= 4 is 11.6 Å². The van der Waals surface area contributed by atoms with E-state index in [9.17, 15) is 17.6 Å². The van der Waals surface area contributed by atoms with Gasteiger partial charge in [-0.25, -0.2) is 4.39 Å². The summed E-state index contributed by atoms with van der Waals surface area (Å²) in [5.41, 5.74) is 0.155. The smallest absolute Gasteiger partial charge is 0.306 e. The number of benzene rings is 1. The molecule has 1 unspecified atom stereocenters. The third kappa shape index (κ3) is 4.46. The normalized spacial score (nSPS) is 13.7. The van der Waals surface area contributed by atoms with Crippen LogP contribution in [-0.4, -0.2) is 18.8 Å². The van der Waals surface area contributed by atoms with E-state index in [-0.39, 0.29) is 23.6 Å². The third-order valence-electron chi connectivity index (χ3n) is 2.47. The molecule has 0 heterocycles. The van der Waals surface area contributed by atoms with E-state index in [4.69, 9.17) is 11.6 Å². The fourth-order valence-corrected chi connectivity index (χ4v) is 1.74. The van der Waals surface area contributed by atoms with Crippen LogP contribution in [-0.2, 0) is 6.42 Å². The van der Waals surface area contributed by atoms with Crippen molar-refractivity contribution in [2.75, 3.05) is 6.54 Å². The second-order valence-electron chi connectivity index (χ2n) is 3.99. The Labute approximate surface area is 108 Å². The summed E-state index contributed by atoms with van der Waals surface area (Å²) in [6.07, 6.45) is -4.17. The van der Waals surface area contributed by atoms with Crippen LogP contribution in [0.5, 0.6) is 0 Å². The van der Waals surface area contributed by atoms with Crippen molar-refractivity contribution in [1.82, 2.24) is 5.32 Å². The summed E-state index contributed by atoms with van der Waals surface area (Å²) in [6.45, 7) is 2.02. The van der Waals surface area contributed by atoms with Gasteiger partial charge in [-0.3, -0.25) is 0 Å². The van der Waals surface area contributed by atoms with E-state index < -0.39 is 18.0 Å². The predicted octanol–water partition coefficient (Wildman–Crippen LogP) is 3.95. The molecule has 0 aliphatic carbocycles. The molecule has 1 rings (SSSR count). The summed E-state index contributed by atoms with van der Waals surface area (Å²) < 4.78 is 51.3. The number of nitrogens with one attached hydrogen (secondary N) is 1. The van der Waals surface area contributed by atoms with Crippen LogP contribution in [0.25, 0.3) is 0 Å². The Balaban J connectivity index is 2.85. The van der Waals surface area contributed by atoms with E-state index >= 15 is 0 Å². The van der Waals surface area contributed by atoms with Gasteiger partial charge < -0.3 is 5.32 Å². The van der Waals surface area contributed by atoms with Gasteiger partial charge in [0.1, 0.15) is 11.9 Å². The van der Waals surface area contributed by atoms with Gasteiger partial charge in [0.2, 0.25) is 0 Å². The zero-order chi connectivity index (χ0) is 13.8. The largest absolute Gasteiger partial charge is 0.404 e. The lowest BCUT2D eigenvalue weighted by Gasteiger charge is -2.22. The maximum atomic E-state index is 13.0. The molecule has 0 aliphatic rings. The fraction of sp³-hybridized carbons (Fsp3) is 0.500. The average Bonchev–Trinajstić information content (AvgIpc) is 2.27. The van der Waals surface area contributed by atoms with Crippen LogP contribution in [0.4, 0.5) is 17.6 Å². The highest BCUT2D eigenvalue weighted by Crippen LogP contribution is 2.26. The van der Waals surface area contributed by atoms with Gasteiger partial charge in [-0.2, -0.15) is 13.2 Å². The molecule has 0 saturated carbocycles. The topological polar surface area (TPSA) is 12.0 Å². The Morgan fingerprint density at radius 2 is 2.00 bits per heavy atom. The van der Waals surface area contributed by atoms with Gasteiger partial charge in [0.15, 0.2) is 0 Å². The zero-order valence-electron chi connectivity index (χ0n) is 9.82. The number of hydrogen-bond acceptors (Lipinski definition) is 1. The van der Waals surface area contributed by atoms with Gasteiger partial charge in [-0.1, -0.05) is 18.5 Å². The summed E-state index contributed by atoms with van der Waals surface area (Å²) in [5, 5.41) is 2.54. The maximum Gasteiger partial charge on any atom is 0.404 e. The second kappa shape index (κ2) is 6.38. The van der Waals surface area contributed by atoms with Crippen LogP contribution in [0.3, 0.4) is 0 Å². The first-order chi connectivity index (χ1) is 8.34. The highest BCUT2D eigenvalue weighted by atomic mass is 35.5. The molecular weight excluding hydrogens is 270 g/mol. The van der Waals surface area contributed by atoms with Crippen molar-refractivity contribution in [3.8, 4) is 0 Å². The van der Waals surface area contributed by atoms with E-state index in [0.29, 0.717) is 6.42 Å². The summed E-state index contributed by atoms with van der Waals surface area (Å²) in [6, 6.07) is 1.71. The van der Waals surface area contributed by atoms with Crippen molar-refractivity contribution in [1.29, 1.82) is 0 Å². The van der Waals surface area contributed by atoms with Crippen LogP contribution < -0.4 is 5.32 Å². The van der Waals surface area contributed by atoms with Crippen molar-refractivity contribution in [2.45, 2.75) is 32.0 Å². The van der Waals surface area contributed by atoms with Crippen LogP contribution in [0.1, 0.15) is 18.9 Å². The Morgan fingerprint density at radius 1 is 1.33 bits per heavy atom. The number of hydrogen-bond donors (Lipinski definition) is 1. The standard InChI is InChI=1S/C12H14ClF4N/c1-2-5-18-11(12(15,16)17)7-8-6-9(14)3-4-10(8)13/h3-4,6,11,18H,2,5,7H2,1H3. The van der Waals surface area contributed by atoms with Crippen molar-refractivity contribution in [3.05, 3.63) is 34.6 Å². The molecule has 0 aromatic heterocycles. The van der Waals surface area contributed by atoms with Gasteiger partial charge in [-0.15, -0.1) is 0 Å². The van der Waals surface area contributed by atoms with Crippen LogP contribution in [0.2, 0.25) is 5.02 Å². The fourth-order valence-electron chi connectivity index (χ4n) is 1.54. The average molecular weight is 284 g/mol. The Hall–Kier alpha value is -0.810. The first-order valence-corrected chi connectivity index (χ1v) is 5.96.